The Bertz CT molecular complexity index is 1160. The summed E-state index contributed by atoms with van der Waals surface area (Å²) in [5, 5.41) is 0.550. The number of carbonyl (C=O) groups is 1. The monoisotopic (exact) mass is 446 g/mol. The molecule has 1 heterocycles. The Labute approximate surface area is 179 Å². The molecule has 30 heavy (non-hydrogen) atoms. The number of aromatic nitrogens is 2. The maximum Gasteiger partial charge on any atom is 0.345 e. The third-order valence-electron chi connectivity index (χ3n) is 4.05. The van der Waals surface area contributed by atoms with Crippen LogP contribution in [-0.4, -0.2) is 31.0 Å². The molecule has 0 N–H and O–H groups in total. The second-order valence-corrected chi connectivity index (χ2v) is 8.37. The highest BCUT2D eigenvalue weighted by atomic mass is 35.5. The number of hydrogen-bond donors (Lipinski definition) is 0. The fraction of sp³-hybridized carbons (Fsp3) is 0.190. The molecule has 0 fully saturated rings. The third-order valence-corrected chi connectivity index (χ3v) is 5.51. The standard InChI is InChI=1S/C21H19ClN2O5S/c1-3-28-21(25)18-13-23-19(12-15-5-4-6-16(22)11-15)24-20(18)29-30(26,27)17-9-7-14(2)8-10-17/h4-11,13H,3,12H2,1-2H3. The van der Waals surface area contributed by atoms with Crippen molar-refractivity contribution in [3.05, 3.63) is 82.3 Å². The van der Waals surface area contributed by atoms with Crippen molar-refractivity contribution in [2.45, 2.75) is 25.2 Å². The Morgan fingerprint density at radius 1 is 1.13 bits per heavy atom. The number of halogens is 1. The van der Waals surface area contributed by atoms with Gasteiger partial charge in [0.2, 0.25) is 0 Å². The second-order valence-electron chi connectivity index (χ2n) is 6.38. The molecule has 0 saturated heterocycles. The Balaban J connectivity index is 1.98. The maximum atomic E-state index is 12.7. The lowest BCUT2D eigenvalue weighted by atomic mass is 10.1. The first-order valence-corrected chi connectivity index (χ1v) is 10.9. The van der Waals surface area contributed by atoms with Crippen LogP contribution in [0.25, 0.3) is 0 Å². The molecule has 2 aromatic carbocycles. The molecule has 3 rings (SSSR count). The summed E-state index contributed by atoms with van der Waals surface area (Å²) in [6.07, 6.45) is 1.47. The molecule has 0 aliphatic carbocycles. The van der Waals surface area contributed by atoms with E-state index in [9.17, 15) is 13.2 Å². The van der Waals surface area contributed by atoms with E-state index in [0.717, 1.165) is 11.1 Å². The van der Waals surface area contributed by atoms with Crippen molar-refractivity contribution in [2.75, 3.05) is 6.61 Å². The quantitative estimate of drug-likeness (QED) is 0.400. The number of rotatable bonds is 7. The van der Waals surface area contributed by atoms with Gasteiger partial charge in [-0.05, 0) is 43.7 Å². The third kappa shape index (κ3) is 5.34. The van der Waals surface area contributed by atoms with Gasteiger partial charge in [-0.25, -0.2) is 9.78 Å². The van der Waals surface area contributed by atoms with Crippen LogP contribution in [0.4, 0.5) is 0 Å². The van der Waals surface area contributed by atoms with E-state index in [4.69, 9.17) is 20.5 Å². The molecule has 0 atom stereocenters. The molecule has 1 aromatic heterocycles. The second kappa shape index (κ2) is 9.23. The van der Waals surface area contributed by atoms with Gasteiger partial charge < -0.3 is 8.92 Å². The maximum absolute atomic E-state index is 12.7. The molecule has 0 aliphatic rings. The highest BCUT2D eigenvalue weighted by Gasteiger charge is 2.24. The van der Waals surface area contributed by atoms with Gasteiger partial charge in [-0.15, -0.1) is 0 Å². The molecule has 9 heteroatoms. The lowest BCUT2D eigenvalue weighted by molar-refractivity contribution is 0.0523. The Kier molecular flexibility index (Phi) is 6.69. The van der Waals surface area contributed by atoms with Crippen LogP contribution in [0.15, 0.2) is 59.6 Å². The molecule has 0 unspecified atom stereocenters. The fourth-order valence-corrected chi connectivity index (χ4v) is 3.70. The average molecular weight is 447 g/mol. The summed E-state index contributed by atoms with van der Waals surface area (Å²) in [5.74, 6) is -0.901. The van der Waals surface area contributed by atoms with Crippen LogP contribution in [0.1, 0.15) is 34.2 Å². The zero-order valence-corrected chi connectivity index (χ0v) is 17.9. The van der Waals surface area contributed by atoms with Crippen molar-refractivity contribution in [3.63, 3.8) is 0 Å². The van der Waals surface area contributed by atoms with Crippen LogP contribution in [0.2, 0.25) is 5.02 Å². The van der Waals surface area contributed by atoms with Crippen molar-refractivity contribution in [2.24, 2.45) is 0 Å². The van der Waals surface area contributed by atoms with Gasteiger partial charge >= 0.3 is 16.1 Å². The smallest absolute Gasteiger partial charge is 0.345 e. The predicted octanol–water partition coefficient (Wildman–Crippen LogP) is 3.97. The molecule has 0 saturated carbocycles. The van der Waals surface area contributed by atoms with Gasteiger partial charge in [0.05, 0.1) is 6.61 Å². The first kappa shape index (κ1) is 21.7. The van der Waals surface area contributed by atoms with Crippen molar-refractivity contribution < 1.29 is 22.1 Å². The molecule has 7 nitrogen and oxygen atoms in total. The van der Waals surface area contributed by atoms with Gasteiger partial charge in [0.1, 0.15) is 16.3 Å². The van der Waals surface area contributed by atoms with Gasteiger partial charge in [0.15, 0.2) is 0 Å². The number of aryl methyl sites for hydroxylation is 1. The van der Waals surface area contributed by atoms with Crippen LogP contribution in [-0.2, 0) is 21.3 Å². The predicted molar refractivity (Wildman–Crippen MR) is 111 cm³/mol. The largest absolute Gasteiger partial charge is 0.462 e. The van der Waals surface area contributed by atoms with Crippen LogP contribution in [0.5, 0.6) is 5.88 Å². The summed E-state index contributed by atoms with van der Waals surface area (Å²) >= 11 is 6.00. The van der Waals surface area contributed by atoms with Gasteiger partial charge in [-0.3, -0.25) is 0 Å². The highest BCUT2D eigenvalue weighted by Crippen LogP contribution is 2.23. The number of carbonyl (C=O) groups excluding carboxylic acids is 1. The Morgan fingerprint density at radius 2 is 1.87 bits per heavy atom. The number of esters is 1. The number of benzene rings is 2. The molecular formula is C21H19ClN2O5S. The topological polar surface area (TPSA) is 95.4 Å². The van der Waals surface area contributed by atoms with E-state index in [1.54, 1.807) is 37.3 Å². The van der Waals surface area contributed by atoms with Crippen LogP contribution < -0.4 is 4.18 Å². The van der Waals surface area contributed by atoms with Crippen LogP contribution in [0.3, 0.4) is 0 Å². The fourth-order valence-electron chi connectivity index (χ4n) is 2.58. The molecule has 0 spiro atoms. The van der Waals surface area contributed by atoms with E-state index >= 15 is 0 Å². The van der Waals surface area contributed by atoms with E-state index < -0.39 is 16.1 Å². The molecule has 156 valence electrons. The van der Waals surface area contributed by atoms with E-state index in [1.807, 2.05) is 13.0 Å². The van der Waals surface area contributed by atoms with Crippen molar-refractivity contribution >= 4 is 27.7 Å². The minimum Gasteiger partial charge on any atom is -0.462 e. The van der Waals surface area contributed by atoms with E-state index in [1.165, 1.54) is 18.3 Å². The molecule has 0 bridgehead atoms. The van der Waals surface area contributed by atoms with Gasteiger partial charge in [-0.2, -0.15) is 13.4 Å². The molecule has 0 aliphatic heterocycles. The number of ether oxygens (including phenoxy) is 1. The normalized spacial score (nSPS) is 11.2. The van der Waals surface area contributed by atoms with E-state index in [0.29, 0.717) is 5.02 Å². The SMILES string of the molecule is CCOC(=O)c1cnc(Cc2cccc(Cl)c2)nc1OS(=O)(=O)c1ccc(C)cc1. The summed E-state index contributed by atoms with van der Waals surface area (Å²) in [5.41, 5.74) is 1.54. The van der Waals surface area contributed by atoms with E-state index in [-0.39, 0.29) is 35.2 Å². The summed E-state index contributed by atoms with van der Waals surface area (Å²) in [6, 6.07) is 13.2. The van der Waals surface area contributed by atoms with E-state index in [2.05, 4.69) is 9.97 Å². The zero-order chi connectivity index (χ0) is 21.7. The molecule has 3 aromatic rings. The average Bonchev–Trinajstić information content (AvgIpc) is 2.68. The lowest BCUT2D eigenvalue weighted by Crippen LogP contribution is -2.16. The summed E-state index contributed by atoms with van der Waals surface area (Å²) in [7, 11) is -4.22. The van der Waals surface area contributed by atoms with Crippen molar-refractivity contribution in [1.29, 1.82) is 0 Å². The van der Waals surface area contributed by atoms with Crippen molar-refractivity contribution in [3.8, 4) is 5.88 Å². The van der Waals surface area contributed by atoms with Gasteiger partial charge in [-0.1, -0.05) is 41.4 Å². The number of nitrogens with zero attached hydrogens (tertiary/aromatic N) is 2. The van der Waals surface area contributed by atoms with Crippen LogP contribution >= 0.6 is 11.6 Å². The lowest BCUT2D eigenvalue weighted by Gasteiger charge is -2.11. The highest BCUT2D eigenvalue weighted by molar-refractivity contribution is 7.87. The Hall–Kier alpha value is -2.97. The van der Waals surface area contributed by atoms with Crippen molar-refractivity contribution in [1.82, 2.24) is 9.97 Å². The summed E-state index contributed by atoms with van der Waals surface area (Å²) < 4.78 is 35.6. The van der Waals surface area contributed by atoms with Gasteiger partial charge in [0.25, 0.3) is 5.88 Å². The van der Waals surface area contributed by atoms with Crippen LogP contribution in [0, 0.1) is 6.92 Å². The minimum atomic E-state index is -4.22. The molecular weight excluding hydrogens is 428 g/mol. The minimum absolute atomic E-state index is 0.0575. The zero-order valence-electron chi connectivity index (χ0n) is 16.3. The molecule has 0 radical (unpaired) electrons. The number of hydrogen-bond acceptors (Lipinski definition) is 7. The molecule has 0 amide bonds. The summed E-state index contributed by atoms with van der Waals surface area (Å²) in [4.78, 5) is 20.5. The van der Waals surface area contributed by atoms with Gasteiger partial charge in [0, 0.05) is 17.6 Å². The first-order valence-electron chi connectivity index (χ1n) is 9.07. The summed E-state index contributed by atoms with van der Waals surface area (Å²) in [6.45, 7) is 3.58. The Morgan fingerprint density at radius 3 is 2.53 bits per heavy atom. The first-order chi connectivity index (χ1) is 14.3.